The van der Waals surface area contributed by atoms with Crippen LogP contribution in [0, 0.1) is 0 Å². The van der Waals surface area contributed by atoms with Gasteiger partial charge in [0.2, 0.25) is 5.65 Å². The minimum absolute atomic E-state index is 0.640. The third-order valence-electron chi connectivity index (χ3n) is 3.76. The van der Waals surface area contributed by atoms with Crippen molar-refractivity contribution in [3.05, 3.63) is 18.3 Å². The summed E-state index contributed by atoms with van der Waals surface area (Å²) in [7, 11) is 0. The van der Waals surface area contributed by atoms with Gasteiger partial charge in [0.05, 0.1) is 26.2 Å². The van der Waals surface area contributed by atoms with E-state index in [1.165, 1.54) is 17.7 Å². The Morgan fingerprint density at radius 3 is 2.81 bits per heavy atom. The molecule has 2 aromatic heterocycles. The van der Waals surface area contributed by atoms with E-state index in [2.05, 4.69) is 38.6 Å². The highest BCUT2D eigenvalue weighted by Crippen LogP contribution is 2.07. The molecule has 0 aromatic carbocycles. The molecule has 1 saturated heterocycles. The van der Waals surface area contributed by atoms with Gasteiger partial charge in [-0.2, -0.15) is 0 Å². The third kappa shape index (κ3) is 2.68. The van der Waals surface area contributed by atoms with E-state index in [4.69, 9.17) is 4.84 Å². The van der Waals surface area contributed by atoms with Crippen LogP contribution in [-0.4, -0.2) is 61.8 Å². The summed E-state index contributed by atoms with van der Waals surface area (Å²) in [6.07, 6.45) is 4.12. The molecule has 112 valence electrons. The smallest absolute Gasteiger partial charge is 0.277 e. The number of rotatable bonds is 3. The van der Waals surface area contributed by atoms with Gasteiger partial charge in [-0.3, -0.25) is 4.84 Å². The molecule has 0 saturated carbocycles. The summed E-state index contributed by atoms with van der Waals surface area (Å²) in [4.78, 5) is 14.0. The van der Waals surface area contributed by atoms with Crippen molar-refractivity contribution in [2.45, 2.75) is 26.7 Å². The Balaban J connectivity index is 1.96. The largest absolute Gasteiger partial charge is 0.472 e. The lowest BCUT2D eigenvalue weighted by atomic mass is 10.4. The second-order valence-corrected chi connectivity index (χ2v) is 5.05. The van der Waals surface area contributed by atoms with Crippen LogP contribution >= 0.6 is 0 Å². The van der Waals surface area contributed by atoms with Gasteiger partial charge in [0.1, 0.15) is 5.52 Å². The van der Waals surface area contributed by atoms with Crippen molar-refractivity contribution in [3.63, 3.8) is 0 Å². The Kier molecular flexibility index (Phi) is 3.98. The van der Waals surface area contributed by atoms with Crippen LogP contribution in [0.1, 0.15) is 26.7 Å². The zero-order valence-electron chi connectivity index (χ0n) is 12.6. The lowest BCUT2D eigenvalue weighted by molar-refractivity contribution is -0.521. The van der Waals surface area contributed by atoms with Crippen molar-refractivity contribution in [3.8, 4) is 0 Å². The lowest BCUT2D eigenvalue weighted by Crippen LogP contribution is -2.44. The Bertz CT molecular complexity index is 638. The Morgan fingerprint density at radius 1 is 1.33 bits per heavy atom. The van der Waals surface area contributed by atoms with Gasteiger partial charge in [-0.05, 0) is 48.9 Å². The van der Waals surface area contributed by atoms with Gasteiger partial charge in [0.25, 0.3) is 0 Å². The predicted octanol–water partition coefficient (Wildman–Crippen LogP) is 0.759. The first kappa shape index (κ1) is 13.8. The molecule has 1 aliphatic rings. The number of fused-ring (bicyclic) bond motifs is 1. The molecule has 0 radical (unpaired) electrons. The van der Waals surface area contributed by atoms with Gasteiger partial charge in [-0.25, -0.2) is 14.5 Å². The molecule has 7 nitrogen and oxygen atoms in total. The summed E-state index contributed by atoms with van der Waals surface area (Å²) < 4.78 is 2.27. The zero-order valence-corrected chi connectivity index (χ0v) is 12.6. The molecular weight excluding hydrogens is 268 g/mol. The van der Waals surface area contributed by atoms with Crippen LogP contribution in [0.5, 0.6) is 0 Å². The molecule has 0 unspecified atom stereocenters. The monoisotopic (exact) mass is 289 g/mol. The second kappa shape index (κ2) is 6.07. The summed E-state index contributed by atoms with van der Waals surface area (Å²) in [5, 5.41) is 8.15. The van der Waals surface area contributed by atoms with Crippen molar-refractivity contribution in [2.24, 2.45) is 0 Å². The zero-order chi connectivity index (χ0) is 14.7. The standard InChI is InChI=1S/C14H21N6O/c1-3-18(4-2)14(19-10-5-6-11-19)21-20-13-12(16-17-20)8-7-9-15-13/h7-9H,3-6,10-11H2,1-2H3/q+1. The molecule has 21 heavy (non-hydrogen) atoms. The quantitative estimate of drug-likeness (QED) is 0.617. The molecule has 0 bridgehead atoms. The lowest BCUT2D eigenvalue weighted by Gasteiger charge is -2.16. The molecule has 0 atom stereocenters. The number of nitrogens with zero attached hydrogens (tertiary/aromatic N) is 6. The van der Waals surface area contributed by atoms with Crippen LogP contribution in [0.4, 0.5) is 0 Å². The Morgan fingerprint density at radius 2 is 2.10 bits per heavy atom. The third-order valence-corrected chi connectivity index (χ3v) is 3.76. The van der Waals surface area contributed by atoms with Gasteiger partial charge >= 0.3 is 6.02 Å². The molecular formula is C14H21N6O+. The topological polar surface area (TPSA) is 59.1 Å². The summed E-state index contributed by atoms with van der Waals surface area (Å²) in [6.45, 7) is 8.07. The summed E-state index contributed by atoms with van der Waals surface area (Å²) in [6, 6.07) is 4.56. The fourth-order valence-electron chi connectivity index (χ4n) is 2.60. The number of hydrogen-bond donors (Lipinski definition) is 0. The van der Waals surface area contributed by atoms with E-state index in [0.29, 0.717) is 5.65 Å². The van der Waals surface area contributed by atoms with E-state index in [1.54, 1.807) is 6.20 Å². The first-order valence-corrected chi connectivity index (χ1v) is 7.55. The van der Waals surface area contributed by atoms with E-state index in [9.17, 15) is 0 Å². The fraction of sp³-hybridized carbons (Fsp3) is 0.571. The van der Waals surface area contributed by atoms with Crippen LogP contribution in [-0.2, 0) is 0 Å². The van der Waals surface area contributed by atoms with Gasteiger partial charge < -0.3 is 0 Å². The van der Waals surface area contributed by atoms with Crippen LogP contribution in [0.2, 0.25) is 0 Å². The van der Waals surface area contributed by atoms with E-state index < -0.39 is 0 Å². The van der Waals surface area contributed by atoms with Crippen molar-refractivity contribution >= 4 is 17.2 Å². The highest BCUT2D eigenvalue weighted by atomic mass is 16.7. The van der Waals surface area contributed by atoms with Gasteiger partial charge in [-0.15, -0.1) is 5.10 Å². The molecule has 3 rings (SSSR count). The normalized spacial score (nSPS) is 14.7. The van der Waals surface area contributed by atoms with Crippen molar-refractivity contribution < 1.29 is 9.41 Å². The molecule has 3 heterocycles. The molecule has 1 aliphatic heterocycles. The average molecular weight is 289 g/mol. The van der Waals surface area contributed by atoms with E-state index in [0.717, 1.165) is 37.7 Å². The molecule has 1 fully saturated rings. The highest BCUT2D eigenvalue weighted by Gasteiger charge is 2.27. The maximum Gasteiger partial charge on any atom is 0.472 e. The Hall–Kier alpha value is -2.18. The van der Waals surface area contributed by atoms with E-state index >= 15 is 0 Å². The van der Waals surface area contributed by atoms with Crippen LogP contribution in [0.25, 0.3) is 11.2 Å². The molecule has 0 aliphatic carbocycles. The summed E-state index contributed by atoms with van der Waals surface area (Å²) in [5.41, 5.74) is 1.37. The average Bonchev–Trinajstić information content (AvgIpc) is 3.17. The number of hydrogen-bond acceptors (Lipinski definition) is 4. The maximum atomic E-state index is 6.04. The molecule has 0 amide bonds. The van der Waals surface area contributed by atoms with Crippen molar-refractivity contribution in [1.29, 1.82) is 0 Å². The van der Waals surface area contributed by atoms with Gasteiger partial charge in [-0.1, -0.05) is 0 Å². The first-order valence-electron chi connectivity index (χ1n) is 7.55. The van der Waals surface area contributed by atoms with Crippen molar-refractivity contribution in [1.82, 2.24) is 25.0 Å². The maximum absolute atomic E-state index is 6.04. The van der Waals surface area contributed by atoms with Crippen LogP contribution in [0.15, 0.2) is 18.3 Å². The van der Waals surface area contributed by atoms with Crippen molar-refractivity contribution in [2.75, 3.05) is 26.2 Å². The highest BCUT2D eigenvalue weighted by molar-refractivity contribution is 5.72. The SMILES string of the molecule is CCN(CC)C(On1nnc2cccnc21)=[N+]1CCCC1. The Labute approximate surface area is 123 Å². The fourth-order valence-corrected chi connectivity index (χ4v) is 2.60. The second-order valence-electron chi connectivity index (χ2n) is 5.05. The number of pyridine rings is 1. The van der Waals surface area contributed by atoms with Crippen LogP contribution < -0.4 is 4.84 Å². The minimum Gasteiger partial charge on any atom is -0.277 e. The number of amidine groups is 1. The molecule has 7 heteroatoms. The summed E-state index contributed by atoms with van der Waals surface area (Å²) >= 11 is 0. The molecule has 0 spiro atoms. The number of aromatic nitrogens is 4. The van der Waals surface area contributed by atoms with Crippen LogP contribution in [0.3, 0.4) is 0 Å². The van der Waals surface area contributed by atoms with E-state index in [-0.39, 0.29) is 0 Å². The predicted molar refractivity (Wildman–Crippen MR) is 79.1 cm³/mol. The van der Waals surface area contributed by atoms with Gasteiger partial charge in [0.15, 0.2) is 0 Å². The van der Waals surface area contributed by atoms with E-state index in [1.807, 2.05) is 12.1 Å². The molecule has 2 aromatic rings. The molecule has 0 N–H and O–H groups in total. The minimum atomic E-state index is 0.640. The van der Waals surface area contributed by atoms with Gasteiger partial charge in [0, 0.05) is 6.20 Å². The first-order chi connectivity index (χ1) is 10.3. The summed E-state index contributed by atoms with van der Waals surface area (Å²) in [5.74, 6) is 0.